The van der Waals surface area contributed by atoms with Gasteiger partial charge in [-0.1, -0.05) is 12.1 Å². The summed E-state index contributed by atoms with van der Waals surface area (Å²) in [7, 11) is 1.70. The fourth-order valence-corrected chi connectivity index (χ4v) is 4.63. The van der Waals surface area contributed by atoms with E-state index in [0.29, 0.717) is 5.41 Å². The summed E-state index contributed by atoms with van der Waals surface area (Å²) in [5.41, 5.74) is 2.80. The summed E-state index contributed by atoms with van der Waals surface area (Å²) in [5.74, 6) is 0.758. The Hall–Kier alpha value is -1.98. The molecule has 0 saturated carbocycles. The van der Waals surface area contributed by atoms with Crippen LogP contribution in [0.5, 0.6) is 5.88 Å². The first-order valence-corrected chi connectivity index (χ1v) is 9.59. The predicted octanol–water partition coefficient (Wildman–Crippen LogP) is 2.97. The standard InChI is InChI=1S/C21H28N4O/c1-26-20-18(6-4-11-23-20)14-25-13-9-21(17-25)8-5-12-24(16-21)15-19-7-2-3-10-22-19/h2-4,6-7,10-11H,5,8-9,12-17H2,1H3. The molecule has 2 aliphatic rings. The summed E-state index contributed by atoms with van der Waals surface area (Å²) in [4.78, 5) is 14.0. The molecule has 26 heavy (non-hydrogen) atoms. The molecule has 0 aromatic carbocycles. The topological polar surface area (TPSA) is 41.5 Å². The van der Waals surface area contributed by atoms with E-state index < -0.39 is 0 Å². The normalized spacial score (nSPS) is 24.2. The Balaban J connectivity index is 1.38. The monoisotopic (exact) mass is 352 g/mol. The van der Waals surface area contributed by atoms with Crippen LogP contribution in [0.1, 0.15) is 30.5 Å². The first kappa shape index (κ1) is 17.4. The van der Waals surface area contributed by atoms with Gasteiger partial charge < -0.3 is 4.74 Å². The lowest BCUT2D eigenvalue weighted by Crippen LogP contribution is -2.44. The van der Waals surface area contributed by atoms with Gasteiger partial charge in [0, 0.05) is 44.1 Å². The maximum atomic E-state index is 5.42. The van der Waals surface area contributed by atoms with Crippen molar-refractivity contribution < 1.29 is 4.74 Å². The maximum Gasteiger partial charge on any atom is 0.217 e. The van der Waals surface area contributed by atoms with Crippen molar-refractivity contribution in [1.82, 2.24) is 19.8 Å². The van der Waals surface area contributed by atoms with Gasteiger partial charge in [0.05, 0.1) is 12.8 Å². The number of rotatable bonds is 5. The van der Waals surface area contributed by atoms with Crippen molar-refractivity contribution in [2.75, 3.05) is 33.3 Å². The quantitative estimate of drug-likeness (QED) is 0.827. The minimum Gasteiger partial charge on any atom is -0.481 e. The molecule has 2 saturated heterocycles. The number of methoxy groups -OCH3 is 1. The number of likely N-dealkylation sites (tertiary alicyclic amines) is 2. The van der Waals surface area contributed by atoms with Gasteiger partial charge in [-0.2, -0.15) is 0 Å². The van der Waals surface area contributed by atoms with E-state index in [2.05, 4.69) is 38.0 Å². The Morgan fingerprint density at radius 2 is 1.81 bits per heavy atom. The van der Waals surface area contributed by atoms with Crippen LogP contribution < -0.4 is 4.74 Å². The summed E-state index contributed by atoms with van der Waals surface area (Å²) in [6, 6.07) is 10.3. The third kappa shape index (κ3) is 3.89. The second-order valence-electron chi connectivity index (χ2n) is 7.77. The molecule has 0 N–H and O–H groups in total. The van der Waals surface area contributed by atoms with E-state index in [1.54, 1.807) is 13.3 Å². The second-order valence-corrected chi connectivity index (χ2v) is 7.77. The molecule has 1 atom stereocenters. The minimum atomic E-state index is 0.433. The number of aromatic nitrogens is 2. The summed E-state index contributed by atoms with van der Waals surface area (Å²) < 4.78 is 5.42. The number of ether oxygens (including phenoxy) is 1. The highest BCUT2D eigenvalue weighted by atomic mass is 16.5. The number of pyridine rings is 2. The Labute approximate surface area is 156 Å². The Kier molecular flexibility index (Phi) is 5.18. The van der Waals surface area contributed by atoms with Crippen molar-refractivity contribution in [3.63, 3.8) is 0 Å². The zero-order chi connectivity index (χ0) is 17.8. The average Bonchev–Trinajstić information content (AvgIpc) is 3.04. The second kappa shape index (κ2) is 7.72. The molecule has 2 aromatic heterocycles. The molecule has 0 bridgehead atoms. The lowest BCUT2D eigenvalue weighted by molar-refractivity contribution is 0.0856. The fraction of sp³-hybridized carbons (Fsp3) is 0.524. The predicted molar refractivity (Wildman–Crippen MR) is 102 cm³/mol. The number of nitrogens with zero attached hydrogens (tertiary/aromatic N) is 4. The number of piperidine rings is 1. The Bertz CT molecular complexity index is 723. The van der Waals surface area contributed by atoms with Gasteiger partial charge in [-0.15, -0.1) is 0 Å². The number of hydrogen-bond donors (Lipinski definition) is 0. The molecule has 0 amide bonds. The van der Waals surface area contributed by atoms with E-state index in [9.17, 15) is 0 Å². The van der Waals surface area contributed by atoms with Gasteiger partial charge in [-0.25, -0.2) is 4.98 Å². The van der Waals surface area contributed by atoms with E-state index in [1.807, 2.05) is 18.3 Å². The zero-order valence-corrected chi connectivity index (χ0v) is 15.6. The molecule has 4 heterocycles. The van der Waals surface area contributed by atoms with Gasteiger partial charge in [0.25, 0.3) is 0 Å². The van der Waals surface area contributed by atoms with Crippen LogP contribution >= 0.6 is 0 Å². The van der Waals surface area contributed by atoms with Crippen LogP contribution in [0.4, 0.5) is 0 Å². The third-order valence-electron chi connectivity index (χ3n) is 5.81. The molecule has 0 radical (unpaired) electrons. The van der Waals surface area contributed by atoms with Crippen molar-refractivity contribution in [3.05, 3.63) is 54.0 Å². The van der Waals surface area contributed by atoms with Crippen LogP contribution in [0, 0.1) is 5.41 Å². The third-order valence-corrected chi connectivity index (χ3v) is 5.81. The molecule has 1 unspecified atom stereocenters. The summed E-state index contributed by atoms with van der Waals surface area (Å²) in [5, 5.41) is 0. The Morgan fingerprint density at radius 1 is 0.962 bits per heavy atom. The lowest BCUT2D eigenvalue weighted by atomic mass is 9.79. The van der Waals surface area contributed by atoms with Crippen LogP contribution in [0.2, 0.25) is 0 Å². The summed E-state index contributed by atoms with van der Waals surface area (Å²) in [6.45, 7) is 6.61. The van der Waals surface area contributed by atoms with E-state index in [4.69, 9.17) is 4.74 Å². The maximum absolute atomic E-state index is 5.42. The molecule has 2 aromatic rings. The first-order chi connectivity index (χ1) is 12.8. The highest BCUT2D eigenvalue weighted by Gasteiger charge is 2.41. The molecule has 4 rings (SSSR count). The molecule has 138 valence electrons. The molecule has 2 aliphatic heterocycles. The largest absolute Gasteiger partial charge is 0.481 e. The Morgan fingerprint density at radius 3 is 2.62 bits per heavy atom. The first-order valence-electron chi connectivity index (χ1n) is 9.59. The van der Waals surface area contributed by atoms with Crippen molar-refractivity contribution >= 4 is 0 Å². The van der Waals surface area contributed by atoms with E-state index in [-0.39, 0.29) is 0 Å². The van der Waals surface area contributed by atoms with Crippen LogP contribution in [0.15, 0.2) is 42.7 Å². The van der Waals surface area contributed by atoms with Gasteiger partial charge >= 0.3 is 0 Å². The smallest absolute Gasteiger partial charge is 0.217 e. The molecule has 1 spiro atoms. The van der Waals surface area contributed by atoms with Crippen LogP contribution in [0.25, 0.3) is 0 Å². The van der Waals surface area contributed by atoms with Gasteiger partial charge in [-0.05, 0) is 56.0 Å². The summed E-state index contributed by atoms with van der Waals surface area (Å²) in [6.07, 6.45) is 7.61. The lowest BCUT2D eigenvalue weighted by Gasteiger charge is -2.40. The van der Waals surface area contributed by atoms with Crippen LogP contribution in [-0.2, 0) is 13.1 Å². The van der Waals surface area contributed by atoms with Crippen LogP contribution in [-0.4, -0.2) is 53.1 Å². The van der Waals surface area contributed by atoms with E-state index in [0.717, 1.165) is 25.5 Å². The van der Waals surface area contributed by atoms with Crippen molar-refractivity contribution in [2.45, 2.75) is 32.4 Å². The summed E-state index contributed by atoms with van der Waals surface area (Å²) >= 11 is 0. The average molecular weight is 352 g/mol. The van der Waals surface area contributed by atoms with E-state index >= 15 is 0 Å². The van der Waals surface area contributed by atoms with Crippen LogP contribution in [0.3, 0.4) is 0 Å². The molecule has 5 nitrogen and oxygen atoms in total. The van der Waals surface area contributed by atoms with Crippen molar-refractivity contribution in [1.29, 1.82) is 0 Å². The van der Waals surface area contributed by atoms with E-state index in [1.165, 1.54) is 50.2 Å². The zero-order valence-electron chi connectivity index (χ0n) is 15.6. The highest BCUT2D eigenvalue weighted by Crippen LogP contribution is 2.40. The molecule has 5 heteroatoms. The van der Waals surface area contributed by atoms with Gasteiger partial charge in [0.15, 0.2) is 0 Å². The molecular formula is C21H28N4O. The fourth-order valence-electron chi connectivity index (χ4n) is 4.63. The van der Waals surface area contributed by atoms with Gasteiger partial charge in [0.2, 0.25) is 5.88 Å². The molecule has 0 aliphatic carbocycles. The molecule has 2 fully saturated rings. The minimum absolute atomic E-state index is 0.433. The van der Waals surface area contributed by atoms with Gasteiger partial charge in [0.1, 0.15) is 0 Å². The van der Waals surface area contributed by atoms with Crippen molar-refractivity contribution in [2.24, 2.45) is 5.41 Å². The SMILES string of the molecule is COc1ncccc1CN1CCC2(CCCN(Cc3ccccn3)C2)C1. The van der Waals surface area contributed by atoms with Crippen molar-refractivity contribution in [3.8, 4) is 5.88 Å². The number of hydrogen-bond acceptors (Lipinski definition) is 5. The van der Waals surface area contributed by atoms with Gasteiger partial charge in [-0.3, -0.25) is 14.8 Å². The highest BCUT2D eigenvalue weighted by molar-refractivity contribution is 5.25. The molecular weight excluding hydrogens is 324 g/mol.